The van der Waals surface area contributed by atoms with Gasteiger partial charge < -0.3 is 10.6 Å². The number of piperidine rings is 1. The fraction of sp³-hybridized carbons (Fsp3) is 0.692. The van der Waals surface area contributed by atoms with E-state index in [2.05, 4.69) is 4.98 Å². The molecule has 1 aromatic rings. The van der Waals surface area contributed by atoms with Gasteiger partial charge in [-0.3, -0.25) is 4.79 Å². The number of hydrogen-bond acceptors (Lipinski definition) is 4. The van der Waals surface area contributed by atoms with Crippen molar-refractivity contribution in [1.29, 1.82) is 0 Å². The quantitative estimate of drug-likeness (QED) is 0.907. The third-order valence-corrected chi connectivity index (χ3v) is 4.68. The fourth-order valence-electron chi connectivity index (χ4n) is 2.61. The molecule has 0 bridgehead atoms. The Kier molecular flexibility index (Phi) is 4.57. The van der Waals surface area contributed by atoms with Gasteiger partial charge in [0.05, 0.1) is 23.0 Å². The molecule has 21 heavy (non-hydrogen) atoms. The number of nitrogens with zero attached hydrogens (tertiary/aromatic N) is 2. The summed E-state index contributed by atoms with van der Waals surface area (Å²) in [4.78, 5) is 18.8. The summed E-state index contributed by atoms with van der Waals surface area (Å²) in [6.07, 6.45) is -4.30. The second-order valence-corrected chi connectivity index (χ2v) is 6.76. The number of aryl methyl sites for hydroxylation is 2. The van der Waals surface area contributed by atoms with E-state index in [9.17, 15) is 18.0 Å². The molecule has 2 N–H and O–H groups in total. The molecule has 8 heteroatoms. The van der Waals surface area contributed by atoms with Gasteiger partial charge in [0.15, 0.2) is 0 Å². The molecule has 1 fully saturated rings. The van der Waals surface area contributed by atoms with Crippen LogP contribution < -0.4 is 5.73 Å². The van der Waals surface area contributed by atoms with Crippen LogP contribution in [0.5, 0.6) is 0 Å². The zero-order chi connectivity index (χ0) is 15.8. The topological polar surface area (TPSA) is 59.2 Å². The van der Waals surface area contributed by atoms with Crippen LogP contribution in [0.25, 0.3) is 0 Å². The minimum absolute atomic E-state index is 0.0504. The van der Waals surface area contributed by atoms with E-state index in [1.807, 2.05) is 13.8 Å². The molecule has 0 aromatic carbocycles. The van der Waals surface area contributed by atoms with E-state index < -0.39 is 18.1 Å². The molecule has 4 nitrogen and oxygen atoms in total. The van der Waals surface area contributed by atoms with Gasteiger partial charge in [-0.25, -0.2) is 4.98 Å². The average Bonchev–Trinajstić information content (AvgIpc) is 2.66. The molecule has 0 spiro atoms. The highest BCUT2D eigenvalue weighted by atomic mass is 32.1. The zero-order valence-electron chi connectivity index (χ0n) is 11.9. The molecule has 0 saturated carbocycles. The van der Waals surface area contributed by atoms with Crippen LogP contribution in [-0.2, 0) is 11.2 Å². The Balaban J connectivity index is 1.98. The van der Waals surface area contributed by atoms with Crippen LogP contribution in [0.2, 0.25) is 0 Å². The predicted molar refractivity (Wildman–Crippen MR) is 74.0 cm³/mol. The number of amides is 1. The van der Waals surface area contributed by atoms with Crippen LogP contribution in [0, 0.1) is 19.8 Å². The molecule has 1 aromatic heterocycles. The van der Waals surface area contributed by atoms with Crippen LogP contribution in [0.4, 0.5) is 13.2 Å². The summed E-state index contributed by atoms with van der Waals surface area (Å²) in [5, 5.41) is 0.878. The minimum atomic E-state index is -4.29. The van der Waals surface area contributed by atoms with E-state index in [1.54, 1.807) is 0 Å². The summed E-state index contributed by atoms with van der Waals surface area (Å²) >= 11 is 1.51. The lowest BCUT2D eigenvalue weighted by molar-refractivity contribution is -0.190. The lowest BCUT2D eigenvalue weighted by Crippen LogP contribution is -2.54. The van der Waals surface area contributed by atoms with Gasteiger partial charge in [0, 0.05) is 24.0 Å². The molecule has 1 saturated heterocycles. The number of hydrogen-bond donors (Lipinski definition) is 1. The maximum Gasteiger partial charge on any atom is 0.393 e. The van der Waals surface area contributed by atoms with Crippen molar-refractivity contribution in [1.82, 2.24) is 9.88 Å². The molecule has 2 unspecified atom stereocenters. The van der Waals surface area contributed by atoms with Gasteiger partial charge >= 0.3 is 6.18 Å². The van der Waals surface area contributed by atoms with E-state index in [0.717, 1.165) is 9.88 Å². The molecule has 1 aliphatic heterocycles. The Morgan fingerprint density at radius 3 is 2.62 bits per heavy atom. The number of nitrogens with two attached hydrogens (primary N) is 1. The fourth-order valence-corrected chi connectivity index (χ4v) is 3.44. The standard InChI is InChI=1S/C13H18F3N3OS/c1-7-11(18-8(2)21-7)5-12(20)19-4-3-9(10(17)6-19)13(14,15)16/h9-10H,3-6,17H2,1-2H3. The van der Waals surface area contributed by atoms with Crippen molar-refractivity contribution in [3.63, 3.8) is 0 Å². The third-order valence-electron chi connectivity index (χ3n) is 3.75. The summed E-state index contributed by atoms with van der Waals surface area (Å²) < 4.78 is 38.2. The summed E-state index contributed by atoms with van der Waals surface area (Å²) in [6.45, 7) is 3.79. The minimum Gasteiger partial charge on any atom is -0.341 e. The van der Waals surface area contributed by atoms with Gasteiger partial charge in [0.2, 0.25) is 5.91 Å². The Bertz CT molecular complexity index is 529. The van der Waals surface area contributed by atoms with E-state index in [-0.39, 0.29) is 31.8 Å². The zero-order valence-corrected chi connectivity index (χ0v) is 12.7. The average molecular weight is 321 g/mol. The Morgan fingerprint density at radius 2 is 2.14 bits per heavy atom. The molecular formula is C13H18F3N3OS. The number of carbonyl (C=O) groups excluding carboxylic acids is 1. The van der Waals surface area contributed by atoms with Crippen LogP contribution >= 0.6 is 11.3 Å². The van der Waals surface area contributed by atoms with Crippen molar-refractivity contribution < 1.29 is 18.0 Å². The number of alkyl halides is 3. The van der Waals surface area contributed by atoms with Gasteiger partial charge in [0.25, 0.3) is 0 Å². The molecular weight excluding hydrogens is 303 g/mol. The highest BCUT2D eigenvalue weighted by Gasteiger charge is 2.46. The van der Waals surface area contributed by atoms with Crippen molar-refractivity contribution in [2.75, 3.05) is 13.1 Å². The van der Waals surface area contributed by atoms with Crippen molar-refractivity contribution in [2.24, 2.45) is 11.7 Å². The maximum atomic E-state index is 12.7. The number of thiazole rings is 1. The maximum absolute atomic E-state index is 12.7. The van der Waals surface area contributed by atoms with Crippen molar-refractivity contribution >= 4 is 17.2 Å². The molecule has 2 heterocycles. The highest BCUT2D eigenvalue weighted by Crippen LogP contribution is 2.33. The summed E-state index contributed by atoms with van der Waals surface area (Å²) in [5.41, 5.74) is 6.30. The van der Waals surface area contributed by atoms with Gasteiger partial charge in [-0.05, 0) is 20.3 Å². The molecule has 1 amide bonds. The SMILES string of the molecule is Cc1nc(CC(=O)N2CCC(C(F)(F)F)C(N)C2)c(C)s1. The summed E-state index contributed by atoms with van der Waals surface area (Å²) in [5.74, 6) is -1.73. The number of carbonyl (C=O) groups is 1. The number of likely N-dealkylation sites (tertiary alicyclic amines) is 1. The first-order valence-corrected chi connectivity index (χ1v) is 7.53. The lowest BCUT2D eigenvalue weighted by atomic mass is 9.91. The number of halogens is 3. The van der Waals surface area contributed by atoms with E-state index in [1.165, 1.54) is 16.2 Å². The molecule has 1 aliphatic rings. The first-order chi connectivity index (χ1) is 9.68. The first kappa shape index (κ1) is 16.2. The largest absolute Gasteiger partial charge is 0.393 e. The molecule has 2 atom stereocenters. The highest BCUT2D eigenvalue weighted by molar-refractivity contribution is 7.11. The first-order valence-electron chi connectivity index (χ1n) is 6.71. The summed E-state index contributed by atoms with van der Waals surface area (Å²) in [6, 6.07) is -1.05. The van der Waals surface area contributed by atoms with Crippen LogP contribution in [-0.4, -0.2) is 41.1 Å². The molecule has 118 valence electrons. The number of rotatable bonds is 2. The van der Waals surface area contributed by atoms with Crippen LogP contribution in [0.15, 0.2) is 0 Å². The molecule has 2 rings (SSSR count). The predicted octanol–water partition coefficient (Wildman–Crippen LogP) is 2.04. The van der Waals surface area contributed by atoms with E-state index in [0.29, 0.717) is 5.69 Å². The van der Waals surface area contributed by atoms with Gasteiger partial charge in [0.1, 0.15) is 0 Å². The summed E-state index contributed by atoms with van der Waals surface area (Å²) in [7, 11) is 0. The van der Waals surface area contributed by atoms with E-state index in [4.69, 9.17) is 5.73 Å². The normalized spacial score (nSPS) is 23.4. The monoisotopic (exact) mass is 321 g/mol. The van der Waals surface area contributed by atoms with Gasteiger partial charge in [-0.15, -0.1) is 11.3 Å². The lowest BCUT2D eigenvalue weighted by Gasteiger charge is -2.37. The van der Waals surface area contributed by atoms with Gasteiger partial charge in [-0.1, -0.05) is 0 Å². The van der Waals surface area contributed by atoms with Crippen molar-refractivity contribution in [3.05, 3.63) is 15.6 Å². The van der Waals surface area contributed by atoms with Crippen molar-refractivity contribution in [2.45, 2.75) is 38.9 Å². The second-order valence-electron chi connectivity index (χ2n) is 5.35. The van der Waals surface area contributed by atoms with Gasteiger partial charge in [-0.2, -0.15) is 13.2 Å². The van der Waals surface area contributed by atoms with Crippen LogP contribution in [0.1, 0.15) is 22.0 Å². The van der Waals surface area contributed by atoms with Crippen LogP contribution in [0.3, 0.4) is 0 Å². The van der Waals surface area contributed by atoms with Crippen molar-refractivity contribution in [3.8, 4) is 0 Å². The molecule has 0 aliphatic carbocycles. The third kappa shape index (κ3) is 3.74. The smallest absolute Gasteiger partial charge is 0.341 e. The second kappa shape index (κ2) is 5.92. The Labute approximate surface area is 125 Å². The number of aromatic nitrogens is 1. The molecule has 0 radical (unpaired) electrons. The van der Waals surface area contributed by atoms with E-state index >= 15 is 0 Å². The Hall–Kier alpha value is -1.15. The Morgan fingerprint density at radius 1 is 1.48 bits per heavy atom.